The van der Waals surface area contributed by atoms with E-state index in [1.165, 1.54) is 4.88 Å². The lowest BCUT2D eigenvalue weighted by Gasteiger charge is -1.92. The Morgan fingerprint density at radius 2 is 1.59 bits per heavy atom. The second-order valence-electron chi connectivity index (χ2n) is 5.65. The fourth-order valence-electron chi connectivity index (χ4n) is 2.66. The zero-order valence-electron chi connectivity index (χ0n) is 16.0. The molecule has 1 aromatic carbocycles. The molecular formula is C21H19N5S3. The van der Waals surface area contributed by atoms with Gasteiger partial charge in [0, 0.05) is 23.3 Å². The van der Waals surface area contributed by atoms with E-state index in [0.29, 0.717) is 0 Å². The van der Waals surface area contributed by atoms with E-state index in [4.69, 9.17) is 0 Å². The van der Waals surface area contributed by atoms with Gasteiger partial charge >= 0.3 is 0 Å². The van der Waals surface area contributed by atoms with Crippen molar-refractivity contribution < 1.29 is 0 Å². The molecule has 0 fully saturated rings. The van der Waals surface area contributed by atoms with Gasteiger partial charge in [-0.1, -0.05) is 61.6 Å². The zero-order valence-corrected chi connectivity index (χ0v) is 18.4. The summed E-state index contributed by atoms with van der Waals surface area (Å²) in [7, 11) is 0. The number of thiazole rings is 1. The summed E-state index contributed by atoms with van der Waals surface area (Å²) in [5.74, 6) is 0. The molecule has 0 N–H and O–H groups in total. The van der Waals surface area contributed by atoms with Crippen LogP contribution in [0.4, 0.5) is 0 Å². The zero-order chi connectivity index (χ0) is 20.1. The highest BCUT2D eigenvalue weighted by atomic mass is 32.1. The van der Waals surface area contributed by atoms with Gasteiger partial charge in [0.15, 0.2) is 4.96 Å². The molecule has 0 saturated heterocycles. The maximum absolute atomic E-state index is 4.51. The summed E-state index contributed by atoms with van der Waals surface area (Å²) in [5, 5.41) is 8.25. The molecule has 0 spiro atoms. The summed E-state index contributed by atoms with van der Waals surface area (Å²) < 4.78 is 3.85. The number of imidazole rings is 2. The minimum absolute atomic E-state index is 0.934. The van der Waals surface area contributed by atoms with Gasteiger partial charge < -0.3 is 0 Å². The Hall–Kier alpha value is -2.81. The van der Waals surface area contributed by atoms with Crippen LogP contribution in [0, 0.1) is 0 Å². The predicted molar refractivity (Wildman–Crippen MR) is 124 cm³/mol. The molecule has 0 aliphatic carbocycles. The van der Waals surface area contributed by atoms with Crippen molar-refractivity contribution in [3.05, 3.63) is 77.3 Å². The normalized spacial score (nSPS) is 10.4. The third-order valence-corrected chi connectivity index (χ3v) is 6.27. The molecule has 29 heavy (non-hydrogen) atoms. The summed E-state index contributed by atoms with van der Waals surface area (Å²) >= 11 is 4.93. The Bertz CT molecular complexity index is 1220. The van der Waals surface area contributed by atoms with Crippen LogP contribution in [0.25, 0.3) is 31.8 Å². The number of hydrogen-bond acceptors (Lipinski definition) is 6. The van der Waals surface area contributed by atoms with Crippen molar-refractivity contribution in [1.82, 2.24) is 24.0 Å². The van der Waals surface area contributed by atoms with Crippen molar-refractivity contribution in [2.75, 3.05) is 0 Å². The molecule has 6 aromatic rings. The molecule has 0 radical (unpaired) electrons. The van der Waals surface area contributed by atoms with Crippen molar-refractivity contribution in [2.24, 2.45) is 0 Å². The first-order valence-corrected chi connectivity index (χ1v) is 11.8. The second kappa shape index (κ2) is 9.13. The first kappa shape index (κ1) is 19.5. The highest BCUT2D eigenvalue weighted by Gasteiger charge is 2.05. The number of benzene rings is 1. The molecule has 8 heteroatoms. The van der Waals surface area contributed by atoms with Crippen LogP contribution in [0.1, 0.15) is 13.8 Å². The van der Waals surface area contributed by atoms with Crippen molar-refractivity contribution in [3.63, 3.8) is 0 Å². The Morgan fingerprint density at radius 3 is 2.31 bits per heavy atom. The molecule has 0 unspecified atom stereocenters. The average Bonchev–Trinajstić information content (AvgIpc) is 3.56. The molecule has 0 bridgehead atoms. The van der Waals surface area contributed by atoms with Crippen LogP contribution in [0.15, 0.2) is 77.3 Å². The van der Waals surface area contributed by atoms with E-state index in [1.54, 1.807) is 44.0 Å². The Labute approximate surface area is 180 Å². The van der Waals surface area contributed by atoms with Crippen molar-refractivity contribution in [1.29, 1.82) is 0 Å². The Morgan fingerprint density at radius 1 is 0.759 bits per heavy atom. The number of aromatic nitrogens is 5. The number of thiophene rings is 1. The van der Waals surface area contributed by atoms with E-state index in [-0.39, 0.29) is 0 Å². The van der Waals surface area contributed by atoms with Crippen molar-refractivity contribution >= 4 is 43.9 Å². The molecule has 5 nitrogen and oxygen atoms in total. The van der Waals surface area contributed by atoms with E-state index in [0.717, 1.165) is 26.9 Å². The number of hydrogen-bond donors (Lipinski definition) is 0. The summed E-state index contributed by atoms with van der Waals surface area (Å²) in [4.78, 5) is 12.2. The predicted octanol–water partition coefficient (Wildman–Crippen LogP) is 6.61. The monoisotopic (exact) mass is 437 g/mol. The van der Waals surface area contributed by atoms with Gasteiger partial charge in [-0.3, -0.25) is 4.40 Å². The summed E-state index contributed by atoms with van der Waals surface area (Å²) in [6.07, 6.45) is 6.04. The highest BCUT2D eigenvalue weighted by Crippen LogP contribution is 2.25. The molecule has 146 valence electrons. The first-order valence-electron chi connectivity index (χ1n) is 9.17. The van der Waals surface area contributed by atoms with Gasteiger partial charge in [-0.2, -0.15) is 5.10 Å². The maximum atomic E-state index is 4.51. The van der Waals surface area contributed by atoms with Gasteiger partial charge in [0.05, 0.1) is 16.8 Å². The molecular weight excluding hydrogens is 418 g/mol. The average molecular weight is 438 g/mol. The lowest BCUT2D eigenvalue weighted by Crippen LogP contribution is -1.77. The lowest BCUT2D eigenvalue weighted by molar-refractivity contribution is 0.974. The van der Waals surface area contributed by atoms with Gasteiger partial charge in [0.2, 0.25) is 4.96 Å². The molecule has 0 aliphatic rings. The van der Waals surface area contributed by atoms with Gasteiger partial charge in [-0.05, 0) is 11.4 Å². The summed E-state index contributed by atoms with van der Waals surface area (Å²) in [5.41, 5.74) is 4.97. The van der Waals surface area contributed by atoms with Crippen LogP contribution >= 0.6 is 34.0 Å². The third-order valence-electron chi connectivity index (χ3n) is 3.92. The summed E-state index contributed by atoms with van der Waals surface area (Å²) in [6.45, 7) is 4.00. The van der Waals surface area contributed by atoms with Crippen LogP contribution in [-0.2, 0) is 0 Å². The van der Waals surface area contributed by atoms with Crippen LogP contribution in [-0.4, -0.2) is 24.0 Å². The van der Waals surface area contributed by atoms with E-state index < -0.39 is 0 Å². The van der Waals surface area contributed by atoms with Gasteiger partial charge in [-0.15, -0.1) is 22.7 Å². The van der Waals surface area contributed by atoms with E-state index in [9.17, 15) is 0 Å². The molecule has 0 amide bonds. The summed E-state index contributed by atoms with van der Waals surface area (Å²) in [6, 6.07) is 14.3. The highest BCUT2D eigenvalue weighted by molar-refractivity contribution is 7.15. The van der Waals surface area contributed by atoms with Crippen LogP contribution in [0.5, 0.6) is 0 Å². The first-order chi connectivity index (χ1) is 14.4. The fraction of sp³-hybridized carbons (Fsp3) is 0.0952. The number of fused-ring (bicyclic) bond motifs is 2. The topological polar surface area (TPSA) is 47.5 Å². The Kier molecular flexibility index (Phi) is 6.14. The molecule has 0 saturated carbocycles. The minimum atomic E-state index is 0.934. The number of rotatable bonds is 2. The molecule has 0 atom stereocenters. The quantitative estimate of drug-likeness (QED) is 0.306. The molecule has 5 aromatic heterocycles. The van der Waals surface area contributed by atoms with E-state index in [2.05, 4.69) is 37.1 Å². The van der Waals surface area contributed by atoms with Gasteiger partial charge in [0.1, 0.15) is 11.2 Å². The maximum Gasteiger partial charge on any atom is 0.212 e. The van der Waals surface area contributed by atoms with Crippen LogP contribution in [0.2, 0.25) is 0 Å². The van der Waals surface area contributed by atoms with E-state index in [1.807, 2.05) is 68.0 Å². The molecule has 5 heterocycles. The molecule has 0 aliphatic heterocycles. The molecule has 6 rings (SSSR count). The minimum Gasteiger partial charge on any atom is -0.297 e. The standard InChI is InChI=1S/C10H7N3S.C9H6N2S2.C2H6/c1-2-4-8(5-3-1)9-6-13-10(12-9)14-7-11-13;1-2-8(12-4-1)7-6-11-3-5-13-9(11)10-7;1-2/h1-7H;1-6H;1-2H3. The smallest absolute Gasteiger partial charge is 0.212 e. The lowest BCUT2D eigenvalue weighted by atomic mass is 10.2. The van der Waals surface area contributed by atoms with Crippen molar-refractivity contribution in [3.8, 4) is 21.8 Å². The third kappa shape index (κ3) is 4.29. The van der Waals surface area contributed by atoms with Crippen LogP contribution in [0.3, 0.4) is 0 Å². The largest absolute Gasteiger partial charge is 0.297 e. The van der Waals surface area contributed by atoms with Gasteiger partial charge in [-0.25, -0.2) is 14.5 Å². The fourth-order valence-corrected chi connectivity index (χ4v) is 4.64. The SMILES string of the molecule is CC.c1ccc(-c2cn3ncsc3n2)cc1.c1csc(-c2cn3ccsc3n2)c1. The van der Waals surface area contributed by atoms with Gasteiger partial charge in [0.25, 0.3) is 0 Å². The number of nitrogens with zero attached hydrogens (tertiary/aromatic N) is 5. The van der Waals surface area contributed by atoms with Crippen LogP contribution < -0.4 is 0 Å². The van der Waals surface area contributed by atoms with E-state index >= 15 is 0 Å². The Balaban J connectivity index is 0.000000131. The second-order valence-corrected chi connectivity index (χ2v) is 8.29. The van der Waals surface area contributed by atoms with Crippen molar-refractivity contribution in [2.45, 2.75) is 13.8 Å².